The molecule has 0 fully saturated rings. The topological polar surface area (TPSA) is 21.3 Å². The summed E-state index contributed by atoms with van der Waals surface area (Å²) in [7, 11) is 0. The van der Waals surface area contributed by atoms with Crippen molar-refractivity contribution >= 4 is 60.8 Å². The lowest BCUT2D eigenvalue weighted by Gasteiger charge is -2.32. The molecule has 0 unspecified atom stereocenters. The van der Waals surface area contributed by atoms with Crippen molar-refractivity contribution in [2.45, 2.75) is 5.41 Å². The molecule has 1 spiro atoms. The van der Waals surface area contributed by atoms with Crippen LogP contribution in [0.1, 0.15) is 22.3 Å². The molecule has 2 aliphatic rings. The summed E-state index contributed by atoms with van der Waals surface area (Å²) in [5.74, 6) is 0. The molecule has 326 valence electrons. The number of rotatable bonds is 6. The van der Waals surface area contributed by atoms with Crippen molar-refractivity contribution < 1.29 is 4.42 Å². The highest BCUT2D eigenvalue weighted by atomic mass is 16.3. The SMILES string of the molecule is c1ccc(-c2cccc3c2oc2ccc(-c4ccc(N(c5ccc(-n6c7ccccc7c7ccccc76)cc5)c5cccc6c5-c5ccccc5C65c6ccccc6-c6ccccc65)cc4)cc23)cc1. The molecular weight excluding hydrogens is 849 g/mol. The number of fused-ring (bicyclic) bond motifs is 16. The van der Waals surface area contributed by atoms with Crippen molar-refractivity contribution in [1.82, 2.24) is 4.57 Å². The first-order valence-electron chi connectivity index (χ1n) is 24.2. The van der Waals surface area contributed by atoms with Gasteiger partial charge in [0.1, 0.15) is 11.2 Å². The Morgan fingerprint density at radius 2 is 0.857 bits per heavy atom. The molecule has 0 saturated heterocycles. The molecule has 11 aromatic carbocycles. The fourth-order valence-corrected chi connectivity index (χ4v) is 12.3. The van der Waals surface area contributed by atoms with E-state index in [1.165, 1.54) is 66.3 Å². The van der Waals surface area contributed by atoms with Gasteiger partial charge < -0.3 is 13.9 Å². The van der Waals surface area contributed by atoms with Crippen LogP contribution in [0.25, 0.3) is 93.9 Å². The first-order valence-corrected chi connectivity index (χ1v) is 24.2. The molecule has 2 heterocycles. The predicted octanol–water partition coefficient (Wildman–Crippen LogP) is 17.8. The minimum Gasteiger partial charge on any atom is -0.455 e. The number of benzene rings is 11. The minimum absolute atomic E-state index is 0.456. The summed E-state index contributed by atoms with van der Waals surface area (Å²) < 4.78 is 8.97. The van der Waals surface area contributed by atoms with E-state index in [4.69, 9.17) is 4.42 Å². The summed E-state index contributed by atoms with van der Waals surface area (Å²) in [6.45, 7) is 0. The Balaban J connectivity index is 0.911. The lowest BCUT2D eigenvalue weighted by Crippen LogP contribution is -2.26. The van der Waals surface area contributed by atoms with Crippen LogP contribution in [0.5, 0.6) is 0 Å². The van der Waals surface area contributed by atoms with Crippen LogP contribution < -0.4 is 4.90 Å². The molecule has 70 heavy (non-hydrogen) atoms. The van der Waals surface area contributed by atoms with Gasteiger partial charge in [-0.15, -0.1) is 0 Å². The van der Waals surface area contributed by atoms with Gasteiger partial charge in [-0.25, -0.2) is 0 Å². The van der Waals surface area contributed by atoms with E-state index < -0.39 is 5.41 Å². The second-order valence-corrected chi connectivity index (χ2v) is 18.7. The van der Waals surface area contributed by atoms with Crippen LogP contribution >= 0.6 is 0 Å². The zero-order valence-corrected chi connectivity index (χ0v) is 38.1. The van der Waals surface area contributed by atoms with Gasteiger partial charge >= 0.3 is 0 Å². The van der Waals surface area contributed by atoms with Gasteiger partial charge in [0.2, 0.25) is 0 Å². The van der Waals surface area contributed by atoms with Gasteiger partial charge in [-0.2, -0.15) is 0 Å². The van der Waals surface area contributed by atoms with Crippen molar-refractivity contribution in [3.05, 3.63) is 277 Å². The number of nitrogens with zero attached hydrogens (tertiary/aromatic N) is 2. The normalized spacial score (nSPS) is 13.0. The van der Waals surface area contributed by atoms with Crippen molar-refractivity contribution in [2.75, 3.05) is 4.90 Å². The molecule has 13 aromatic rings. The Labute approximate surface area is 405 Å². The Hall–Kier alpha value is -9.18. The zero-order valence-electron chi connectivity index (χ0n) is 38.1. The molecule has 0 N–H and O–H groups in total. The Morgan fingerprint density at radius 3 is 1.54 bits per heavy atom. The van der Waals surface area contributed by atoms with E-state index in [1.54, 1.807) is 0 Å². The standard InChI is InChI=1S/C67H42N2O/c1-2-16-44(17-3-1)49-23-14-24-54-56-42-45(34-41-64(56)70-66(49)54)43-32-35-46(36-33-43)68(47-37-39-48(40-38-47)69-61-29-12-7-20-52(61)53-21-8-13-30-62(53)69)63-31-15-28-60-65(63)55-22-6-11-27-59(55)67(60)57-25-9-4-18-50(57)51-19-5-10-26-58(51)67/h1-42H. The maximum Gasteiger partial charge on any atom is 0.143 e. The Bertz CT molecular complexity index is 4130. The number of hydrogen-bond donors (Lipinski definition) is 0. The van der Waals surface area contributed by atoms with Gasteiger partial charge in [-0.3, -0.25) is 0 Å². The Kier molecular flexibility index (Phi) is 8.28. The lowest BCUT2D eigenvalue weighted by atomic mass is 9.70. The van der Waals surface area contributed by atoms with Crippen LogP contribution in [0.3, 0.4) is 0 Å². The smallest absolute Gasteiger partial charge is 0.143 e. The van der Waals surface area contributed by atoms with E-state index in [1.807, 2.05) is 0 Å². The molecule has 0 radical (unpaired) electrons. The van der Waals surface area contributed by atoms with Crippen molar-refractivity contribution in [2.24, 2.45) is 0 Å². The minimum atomic E-state index is -0.456. The second-order valence-electron chi connectivity index (χ2n) is 18.7. The third-order valence-electron chi connectivity index (χ3n) is 15.2. The summed E-state index contributed by atoms with van der Waals surface area (Å²) >= 11 is 0. The fraction of sp³-hybridized carbons (Fsp3) is 0.0149. The first kappa shape index (κ1) is 38.9. The summed E-state index contributed by atoms with van der Waals surface area (Å²) in [5.41, 5.74) is 23.1. The lowest BCUT2D eigenvalue weighted by molar-refractivity contribution is 0.670. The number of aromatic nitrogens is 1. The predicted molar refractivity (Wildman–Crippen MR) is 290 cm³/mol. The number of para-hydroxylation sites is 3. The highest BCUT2D eigenvalue weighted by Gasteiger charge is 2.52. The van der Waals surface area contributed by atoms with E-state index in [0.29, 0.717) is 0 Å². The molecule has 0 aliphatic heterocycles. The summed E-state index contributed by atoms with van der Waals surface area (Å²) in [6, 6.07) is 93.4. The van der Waals surface area contributed by atoms with Crippen LogP contribution in [0.15, 0.2) is 259 Å². The maximum atomic E-state index is 6.58. The van der Waals surface area contributed by atoms with Crippen molar-refractivity contribution in [1.29, 1.82) is 0 Å². The largest absolute Gasteiger partial charge is 0.455 e. The maximum absolute atomic E-state index is 6.58. The van der Waals surface area contributed by atoms with E-state index in [0.717, 1.165) is 66.9 Å². The average molecular weight is 891 g/mol. The summed E-state index contributed by atoms with van der Waals surface area (Å²) in [5, 5.41) is 4.74. The third kappa shape index (κ3) is 5.40. The summed E-state index contributed by atoms with van der Waals surface area (Å²) in [4.78, 5) is 2.47. The van der Waals surface area contributed by atoms with E-state index in [2.05, 4.69) is 264 Å². The van der Waals surface area contributed by atoms with E-state index in [-0.39, 0.29) is 0 Å². The van der Waals surface area contributed by atoms with Gasteiger partial charge in [0.15, 0.2) is 0 Å². The van der Waals surface area contributed by atoms with Crippen LogP contribution in [0, 0.1) is 0 Å². The van der Waals surface area contributed by atoms with Crippen LogP contribution in [0.2, 0.25) is 0 Å². The molecule has 3 heteroatoms. The van der Waals surface area contributed by atoms with Gasteiger partial charge in [0.25, 0.3) is 0 Å². The molecule has 0 bridgehead atoms. The van der Waals surface area contributed by atoms with Gasteiger partial charge in [-0.1, -0.05) is 188 Å². The molecule has 2 aromatic heterocycles. The second kappa shape index (κ2) is 14.9. The number of anilines is 3. The zero-order chi connectivity index (χ0) is 45.9. The number of hydrogen-bond acceptors (Lipinski definition) is 2. The molecule has 0 saturated carbocycles. The van der Waals surface area contributed by atoms with Gasteiger partial charge in [0, 0.05) is 49.7 Å². The van der Waals surface area contributed by atoms with Gasteiger partial charge in [-0.05, 0) is 122 Å². The third-order valence-corrected chi connectivity index (χ3v) is 15.2. The average Bonchev–Trinajstić information content (AvgIpc) is 4.16. The molecule has 0 amide bonds. The van der Waals surface area contributed by atoms with E-state index in [9.17, 15) is 0 Å². The molecular formula is C67H42N2O. The summed E-state index contributed by atoms with van der Waals surface area (Å²) in [6.07, 6.45) is 0. The number of furan rings is 1. The van der Waals surface area contributed by atoms with Crippen molar-refractivity contribution in [3.63, 3.8) is 0 Å². The van der Waals surface area contributed by atoms with Crippen LogP contribution in [-0.4, -0.2) is 4.57 Å². The highest BCUT2D eigenvalue weighted by molar-refractivity contribution is 6.11. The fourth-order valence-electron chi connectivity index (χ4n) is 12.3. The molecule has 2 aliphatic carbocycles. The van der Waals surface area contributed by atoms with Crippen LogP contribution in [0.4, 0.5) is 17.1 Å². The quantitative estimate of drug-likeness (QED) is 0.166. The first-order chi connectivity index (χ1) is 34.7. The monoisotopic (exact) mass is 890 g/mol. The van der Waals surface area contributed by atoms with Crippen molar-refractivity contribution in [3.8, 4) is 50.2 Å². The highest BCUT2D eigenvalue weighted by Crippen LogP contribution is 2.64. The van der Waals surface area contributed by atoms with Crippen LogP contribution in [-0.2, 0) is 5.41 Å². The van der Waals surface area contributed by atoms with Gasteiger partial charge in [0.05, 0.1) is 22.1 Å². The Morgan fingerprint density at radius 1 is 0.343 bits per heavy atom. The molecule has 3 nitrogen and oxygen atoms in total. The molecule has 0 atom stereocenters. The van der Waals surface area contributed by atoms with E-state index >= 15 is 0 Å². The molecule has 15 rings (SSSR count).